The first kappa shape index (κ1) is 15.0. The van der Waals surface area contributed by atoms with E-state index < -0.39 is 0 Å². The molecule has 3 atom stereocenters. The first-order valence-corrected chi connectivity index (χ1v) is 7.59. The largest absolute Gasteiger partial charge is 0.311 e. The fraction of sp³-hybridized carbons (Fsp3) is 1.00. The zero-order valence-electron chi connectivity index (χ0n) is 12.5. The molecule has 2 heteroatoms. The van der Waals surface area contributed by atoms with Crippen LogP contribution in [-0.2, 0) is 0 Å². The van der Waals surface area contributed by atoms with Gasteiger partial charge in [0, 0.05) is 31.7 Å². The molecule has 0 amide bonds. The van der Waals surface area contributed by atoms with Crippen LogP contribution in [0.15, 0.2) is 0 Å². The van der Waals surface area contributed by atoms with Crippen molar-refractivity contribution in [1.29, 1.82) is 0 Å². The Morgan fingerprint density at radius 2 is 1.82 bits per heavy atom. The molecule has 0 aliphatic carbocycles. The molecule has 1 N–H and O–H groups in total. The molecule has 0 bridgehead atoms. The Balaban J connectivity index is 2.51. The number of hydrogen-bond acceptors (Lipinski definition) is 2. The summed E-state index contributed by atoms with van der Waals surface area (Å²) in [5, 5.41) is 3.72. The second kappa shape index (κ2) is 7.38. The second-order valence-electron chi connectivity index (χ2n) is 5.89. The molecule has 1 aliphatic rings. The third-order valence-electron chi connectivity index (χ3n) is 4.71. The van der Waals surface area contributed by atoms with Crippen molar-refractivity contribution in [3.05, 3.63) is 0 Å². The third-order valence-corrected chi connectivity index (χ3v) is 4.71. The molecule has 0 radical (unpaired) electrons. The van der Waals surface area contributed by atoms with E-state index in [4.69, 9.17) is 0 Å². The highest BCUT2D eigenvalue weighted by atomic mass is 15.2. The predicted molar refractivity (Wildman–Crippen MR) is 76.4 cm³/mol. The van der Waals surface area contributed by atoms with Gasteiger partial charge in [-0.1, -0.05) is 47.0 Å². The lowest BCUT2D eigenvalue weighted by molar-refractivity contribution is 0.0989. The van der Waals surface area contributed by atoms with Crippen molar-refractivity contribution in [3.63, 3.8) is 0 Å². The minimum Gasteiger partial charge on any atom is -0.311 e. The third kappa shape index (κ3) is 4.26. The molecular formula is C15H32N2. The van der Waals surface area contributed by atoms with Crippen molar-refractivity contribution in [2.45, 2.75) is 66.0 Å². The molecule has 17 heavy (non-hydrogen) atoms. The number of nitrogens with zero attached hydrogens (tertiary/aromatic N) is 1. The van der Waals surface area contributed by atoms with Crippen LogP contribution in [0.5, 0.6) is 0 Å². The number of nitrogens with one attached hydrogen (secondary N) is 1. The maximum atomic E-state index is 3.72. The molecule has 1 saturated heterocycles. The topological polar surface area (TPSA) is 15.3 Å². The molecule has 3 unspecified atom stereocenters. The minimum atomic E-state index is 0.700. The summed E-state index contributed by atoms with van der Waals surface area (Å²) in [5.74, 6) is 1.68. The van der Waals surface area contributed by atoms with Crippen LogP contribution in [0, 0.1) is 11.8 Å². The van der Waals surface area contributed by atoms with Gasteiger partial charge < -0.3 is 5.32 Å². The van der Waals surface area contributed by atoms with E-state index in [1.54, 1.807) is 0 Å². The summed E-state index contributed by atoms with van der Waals surface area (Å²) in [4.78, 5) is 2.71. The van der Waals surface area contributed by atoms with Gasteiger partial charge in [0.25, 0.3) is 0 Å². The second-order valence-corrected chi connectivity index (χ2v) is 5.89. The van der Waals surface area contributed by atoms with Crippen LogP contribution >= 0.6 is 0 Å². The lowest BCUT2D eigenvalue weighted by Crippen LogP contribution is -2.58. The average molecular weight is 240 g/mol. The highest BCUT2D eigenvalue weighted by molar-refractivity contribution is 4.87. The van der Waals surface area contributed by atoms with Crippen molar-refractivity contribution in [1.82, 2.24) is 10.2 Å². The summed E-state index contributed by atoms with van der Waals surface area (Å²) in [6, 6.07) is 1.40. The molecule has 1 fully saturated rings. The molecular weight excluding hydrogens is 208 g/mol. The fourth-order valence-electron chi connectivity index (χ4n) is 2.75. The van der Waals surface area contributed by atoms with Gasteiger partial charge in [-0.2, -0.15) is 0 Å². The van der Waals surface area contributed by atoms with Crippen LogP contribution in [0.1, 0.15) is 53.9 Å². The van der Waals surface area contributed by atoms with Crippen molar-refractivity contribution >= 4 is 0 Å². The summed E-state index contributed by atoms with van der Waals surface area (Å²) in [6.07, 6.45) is 3.92. The number of rotatable bonds is 6. The van der Waals surface area contributed by atoms with Crippen molar-refractivity contribution in [3.8, 4) is 0 Å². The summed E-state index contributed by atoms with van der Waals surface area (Å²) in [5.41, 5.74) is 0. The van der Waals surface area contributed by atoms with Crippen molar-refractivity contribution < 1.29 is 0 Å². The van der Waals surface area contributed by atoms with E-state index in [1.165, 1.54) is 32.4 Å². The molecule has 0 aromatic rings. The lowest BCUT2D eigenvalue weighted by atomic mass is 9.94. The Labute approximate surface area is 108 Å². The minimum absolute atomic E-state index is 0.700. The van der Waals surface area contributed by atoms with Gasteiger partial charge in [0.15, 0.2) is 0 Å². The van der Waals surface area contributed by atoms with E-state index in [1.807, 2.05) is 0 Å². The average Bonchev–Trinajstić information content (AvgIpc) is 2.36. The summed E-state index contributed by atoms with van der Waals surface area (Å²) in [7, 11) is 0. The van der Waals surface area contributed by atoms with Crippen molar-refractivity contribution in [2.75, 3.05) is 19.6 Å². The summed E-state index contributed by atoms with van der Waals surface area (Å²) >= 11 is 0. The normalized spacial score (nSPS) is 28.6. The van der Waals surface area contributed by atoms with Crippen LogP contribution in [0.2, 0.25) is 0 Å². The van der Waals surface area contributed by atoms with Crippen molar-refractivity contribution in [2.24, 2.45) is 11.8 Å². The zero-order chi connectivity index (χ0) is 12.8. The highest BCUT2D eigenvalue weighted by Gasteiger charge is 2.28. The zero-order valence-corrected chi connectivity index (χ0v) is 12.5. The first-order valence-electron chi connectivity index (χ1n) is 7.59. The molecule has 1 rings (SSSR count). The van der Waals surface area contributed by atoms with E-state index in [-0.39, 0.29) is 0 Å². The predicted octanol–water partition coefficient (Wildman–Crippen LogP) is 3.13. The maximum Gasteiger partial charge on any atom is 0.0221 e. The molecule has 0 spiro atoms. The number of hydrogen-bond donors (Lipinski definition) is 1. The highest BCUT2D eigenvalue weighted by Crippen LogP contribution is 2.18. The SMILES string of the molecule is CCC(CC)CN1CC(C(C)CC)NCC1C. The molecule has 1 heterocycles. The Hall–Kier alpha value is -0.0800. The van der Waals surface area contributed by atoms with Gasteiger partial charge in [-0.15, -0.1) is 0 Å². The first-order chi connectivity index (χ1) is 8.12. The summed E-state index contributed by atoms with van der Waals surface area (Å²) < 4.78 is 0. The Morgan fingerprint density at radius 1 is 1.18 bits per heavy atom. The Morgan fingerprint density at radius 3 is 2.35 bits per heavy atom. The van der Waals surface area contributed by atoms with Crippen LogP contribution in [0.25, 0.3) is 0 Å². The quantitative estimate of drug-likeness (QED) is 0.767. The lowest BCUT2D eigenvalue weighted by Gasteiger charge is -2.42. The van der Waals surface area contributed by atoms with E-state index in [0.717, 1.165) is 18.4 Å². The van der Waals surface area contributed by atoms with Gasteiger partial charge in [-0.25, -0.2) is 0 Å². The molecule has 102 valence electrons. The van der Waals surface area contributed by atoms with Crippen LogP contribution in [-0.4, -0.2) is 36.6 Å². The van der Waals surface area contributed by atoms with Crippen LogP contribution in [0.4, 0.5) is 0 Å². The van der Waals surface area contributed by atoms with Gasteiger partial charge in [-0.3, -0.25) is 4.90 Å². The van der Waals surface area contributed by atoms with E-state index in [9.17, 15) is 0 Å². The summed E-state index contributed by atoms with van der Waals surface area (Å²) in [6.45, 7) is 15.4. The molecule has 0 aromatic heterocycles. The molecule has 0 saturated carbocycles. The van der Waals surface area contributed by atoms with Crippen LogP contribution in [0.3, 0.4) is 0 Å². The standard InChI is InChI=1S/C15H32N2/c1-6-12(4)15-11-17(13(5)9-16-15)10-14(7-2)8-3/h12-16H,6-11H2,1-5H3. The van der Waals surface area contributed by atoms with E-state index in [0.29, 0.717) is 12.1 Å². The molecule has 0 aromatic carbocycles. The van der Waals surface area contributed by atoms with E-state index >= 15 is 0 Å². The maximum absolute atomic E-state index is 3.72. The van der Waals surface area contributed by atoms with Gasteiger partial charge in [0.1, 0.15) is 0 Å². The van der Waals surface area contributed by atoms with Crippen LogP contribution < -0.4 is 5.32 Å². The molecule has 1 aliphatic heterocycles. The van der Waals surface area contributed by atoms with Gasteiger partial charge in [0.05, 0.1) is 0 Å². The van der Waals surface area contributed by atoms with Gasteiger partial charge >= 0.3 is 0 Å². The monoisotopic (exact) mass is 240 g/mol. The smallest absolute Gasteiger partial charge is 0.0221 e. The Kier molecular flexibility index (Phi) is 6.50. The number of piperazine rings is 1. The van der Waals surface area contributed by atoms with Gasteiger partial charge in [0.2, 0.25) is 0 Å². The fourth-order valence-corrected chi connectivity index (χ4v) is 2.75. The Bertz CT molecular complexity index is 201. The van der Waals surface area contributed by atoms with Gasteiger partial charge in [-0.05, 0) is 18.8 Å². The molecule has 2 nitrogen and oxygen atoms in total. The van der Waals surface area contributed by atoms with E-state index in [2.05, 4.69) is 44.8 Å².